The Morgan fingerprint density at radius 2 is 2.05 bits per heavy atom. The van der Waals surface area contributed by atoms with Crippen LogP contribution >= 0.6 is 11.6 Å². The van der Waals surface area contributed by atoms with E-state index in [1.54, 1.807) is 18.0 Å². The molecular weight excluding hydrogens is 290 g/mol. The molecule has 21 heavy (non-hydrogen) atoms. The molecular formula is C15H14ClN3O2. The van der Waals surface area contributed by atoms with Crippen LogP contribution in [0.1, 0.15) is 10.5 Å². The van der Waals surface area contributed by atoms with Crippen molar-refractivity contribution < 1.29 is 9.59 Å². The molecule has 2 aromatic rings. The predicted molar refractivity (Wildman–Crippen MR) is 80.3 cm³/mol. The number of para-hydroxylation sites is 1. The number of piperazine rings is 1. The molecule has 1 aromatic heterocycles. The van der Waals surface area contributed by atoms with Crippen LogP contribution in [0.3, 0.4) is 0 Å². The van der Waals surface area contributed by atoms with Gasteiger partial charge in [-0.05, 0) is 12.1 Å². The van der Waals surface area contributed by atoms with E-state index in [9.17, 15) is 9.59 Å². The highest BCUT2D eigenvalue weighted by Crippen LogP contribution is 2.23. The Kier molecular flexibility index (Phi) is 3.51. The fourth-order valence-corrected chi connectivity index (χ4v) is 2.60. The molecule has 2 heterocycles. The minimum atomic E-state index is -0.260. The van der Waals surface area contributed by atoms with E-state index in [-0.39, 0.29) is 24.1 Å². The molecule has 1 saturated heterocycles. The lowest BCUT2D eigenvalue weighted by Gasteiger charge is -2.31. The number of carbonyl (C=O) groups is 2. The van der Waals surface area contributed by atoms with Gasteiger partial charge in [-0.2, -0.15) is 0 Å². The molecule has 3 rings (SSSR count). The molecule has 1 fully saturated rings. The van der Waals surface area contributed by atoms with Gasteiger partial charge in [0.1, 0.15) is 12.2 Å². The first-order chi connectivity index (χ1) is 10.1. The van der Waals surface area contributed by atoms with Crippen LogP contribution in [0.4, 0.5) is 0 Å². The Hall–Kier alpha value is -2.14. The molecule has 1 aromatic carbocycles. The third-order valence-corrected chi connectivity index (χ3v) is 3.94. The molecule has 0 unspecified atom stereocenters. The largest absolute Gasteiger partial charge is 0.342 e. The number of nitrogens with zero attached hydrogens (tertiary/aromatic N) is 3. The van der Waals surface area contributed by atoms with Gasteiger partial charge < -0.3 is 9.80 Å². The average molecular weight is 304 g/mol. The van der Waals surface area contributed by atoms with Gasteiger partial charge in [-0.1, -0.05) is 29.8 Å². The van der Waals surface area contributed by atoms with Crippen LogP contribution in [0.25, 0.3) is 10.9 Å². The Morgan fingerprint density at radius 3 is 2.81 bits per heavy atom. The summed E-state index contributed by atoms with van der Waals surface area (Å²) in [5.74, 6) is -0.328. The standard InChI is InChI=1S/C15H14ClN3O2/c1-18-6-7-19(9-14(18)20)15(21)13-8-11(16)10-4-2-3-5-12(10)17-13/h2-5,8H,6-7,9H2,1H3. The van der Waals surface area contributed by atoms with Gasteiger partial charge in [0, 0.05) is 25.5 Å². The molecule has 0 saturated carbocycles. The van der Waals surface area contributed by atoms with Crippen LogP contribution < -0.4 is 0 Å². The number of hydrogen-bond donors (Lipinski definition) is 0. The summed E-state index contributed by atoms with van der Waals surface area (Å²) in [6, 6.07) is 8.95. The second-order valence-corrected chi connectivity index (χ2v) is 5.46. The van der Waals surface area contributed by atoms with E-state index in [1.165, 1.54) is 4.90 Å². The first-order valence-electron chi connectivity index (χ1n) is 6.65. The van der Waals surface area contributed by atoms with Gasteiger partial charge in [0.25, 0.3) is 5.91 Å². The smallest absolute Gasteiger partial charge is 0.273 e. The summed E-state index contributed by atoms with van der Waals surface area (Å²) in [4.78, 5) is 31.7. The molecule has 0 N–H and O–H groups in total. The average Bonchev–Trinajstić information content (AvgIpc) is 2.49. The van der Waals surface area contributed by atoms with E-state index in [0.29, 0.717) is 23.6 Å². The van der Waals surface area contributed by atoms with E-state index >= 15 is 0 Å². The van der Waals surface area contributed by atoms with Gasteiger partial charge in [0.15, 0.2) is 0 Å². The summed E-state index contributed by atoms with van der Waals surface area (Å²) in [6.07, 6.45) is 0. The Labute approximate surface area is 127 Å². The third-order valence-electron chi connectivity index (χ3n) is 3.63. The van der Waals surface area contributed by atoms with E-state index in [2.05, 4.69) is 4.98 Å². The molecule has 0 bridgehead atoms. The summed E-state index contributed by atoms with van der Waals surface area (Å²) in [7, 11) is 1.73. The number of hydrogen-bond acceptors (Lipinski definition) is 3. The van der Waals surface area contributed by atoms with Crippen molar-refractivity contribution in [1.29, 1.82) is 0 Å². The minimum Gasteiger partial charge on any atom is -0.342 e. The van der Waals surface area contributed by atoms with Crippen molar-refractivity contribution in [3.63, 3.8) is 0 Å². The number of pyridine rings is 1. The zero-order valence-corrected chi connectivity index (χ0v) is 12.3. The number of benzene rings is 1. The Balaban J connectivity index is 1.93. The molecule has 1 aliphatic heterocycles. The number of rotatable bonds is 1. The van der Waals surface area contributed by atoms with Crippen LogP contribution in [0, 0.1) is 0 Å². The highest BCUT2D eigenvalue weighted by atomic mass is 35.5. The number of aromatic nitrogens is 1. The number of fused-ring (bicyclic) bond motifs is 1. The SMILES string of the molecule is CN1CCN(C(=O)c2cc(Cl)c3ccccc3n2)CC1=O. The second-order valence-electron chi connectivity index (χ2n) is 5.05. The van der Waals surface area contributed by atoms with Gasteiger partial charge in [0.05, 0.1) is 10.5 Å². The fourth-order valence-electron chi connectivity index (χ4n) is 2.34. The molecule has 2 amide bonds. The van der Waals surface area contributed by atoms with E-state index in [0.717, 1.165) is 5.39 Å². The van der Waals surface area contributed by atoms with E-state index < -0.39 is 0 Å². The van der Waals surface area contributed by atoms with Crippen LogP contribution in [0.2, 0.25) is 5.02 Å². The normalized spacial score (nSPS) is 15.6. The van der Waals surface area contributed by atoms with Crippen LogP contribution in [-0.4, -0.2) is 53.3 Å². The Morgan fingerprint density at radius 1 is 1.29 bits per heavy atom. The number of amides is 2. The van der Waals surface area contributed by atoms with Gasteiger partial charge in [-0.15, -0.1) is 0 Å². The summed E-state index contributed by atoms with van der Waals surface area (Å²) >= 11 is 6.21. The highest BCUT2D eigenvalue weighted by Gasteiger charge is 2.26. The van der Waals surface area contributed by atoms with Crippen molar-refractivity contribution in [3.8, 4) is 0 Å². The second kappa shape index (κ2) is 5.33. The number of likely N-dealkylation sites (N-methyl/N-ethyl adjacent to an activating group) is 1. The van der Waals surface area contributed by atoms with Crippen molar-refractivity contribution in [2.45, 2.75) is 0 Å². The lowest BCUT2D eigenvalue weighted by Crippen LogP contribution is -2.50. The quantitative estimate of drug-likeness (QED) is 0.807. The molecule has 0 spiro atoms. The number of halogens is 1. The van der Waals surface area contributed by atoms with Crippen molar-refractivity contribution in [2.24, 2.45) is 0 Å². The maximum atomic E-state index is 12.5. The van der Waals surface area contributed by atoms with E-state index in [1.807, 2.05) is 24.3 Å². The lowest BCUT2D eigenvalue weighted by atomic mass is 10.2. The van der Waals surface area contributed by atoms with Gasteiger partial charge in [-0.25, -0.2) is 4.98 Å². The van der Waals surface area contributed by atoms with Gasteiger partial charge in [-0.3, -0.25) is 9.59 Å². The van der Waals surface area contributed by atoms with Crippen molar-refractivity contribution in [2.75, 3.05) is 26.7 Å². The van der Waals surface area contributed by atoms with Crippen molar-refractivity contribution >= 4 is 34.3 Å². The molecule has 0 atom stereocenters. The molecule has 0 radical (unpaired) electrons. The van der Waals surface area contributed by atoms with Crippen molar-refractivity contribution in [1.82, 2.24) is 14.8 Å². The minimum absolute atomic E-state index is 0.0681. The number of carbonyl (C=O) groups excluding carboxylic acids is 2. The maximum absolute atomic E-state index is 12.5. The molecule has 0 aliphatic carbocycles. The zero-order valence-electron chi connectivity index (χ0n) is 11.5. The first kappa shape index (κ1) is 13.8. The fraction of sp³-hybridized carbons (Fsp3) is 0.267. The zero-order chi connectivity index (χ0) is 15.0. The third kappa shape index (κ3) is 2.56. The molecule has 6 heteroatoms. The van der Waals surface area contributed by atoms with E-state index in [4.69, 9.17) is 11.6 Å². The van der Waals surface area contributed by atoms with Gasteiger partial charge >= 0.3 is 0 Å². The predicted octanol–water partition coefficient (Wildman–Crippen LogP) is 1.80. The summed E-state index contributed by atoms with van der Waals surface area (Å²) in [5.41, 5.74) is 0.949. The monoisotopic (exact) mass is 303 g/mol. The van der Waals surface area contributed by atoms with Crippen LogP contribution in [-0.2, 0) is 4.79 Å². The summed E-state index contributed by atoms with van der Waals surface area (Å²) in [5, 5.41) is 1.30. The summed E-state index contributed by atoms with van der Waals surface area (Å²) in [6.45, 7) is 1.13. The first-order valence-corrected chi connectivity index (χ1v) is 7.02. The Bertz CT molecular complexity index is 732. The molecule has 1 aliphatic rings. The molecule has 5 nitrogen and oxygen atoms in total. The topological polar surface area (TPSA) is 53.5 Å². The highest BCUT2D eigenvalue weighted by molar-refractivity contribution is 6.35. The van der Waals surface area contributed by atoms with Gasteiger partial charge in [0.2, 0.25) is 5.91 Å². The molecule has 108 valence electrons. The maximum Gasteiger partial charge on any atom is 0.273 e. The summed E-state index contributed by atoms with van der Waals surface area (Å²) < 4.78 is 0. The van der Waals surface area contributed by atoms with Crippen molar-refractivity contribution in [3.05, 3.63) is 41.0 Å². The lowest BCUT2D eigenvalue weighted by molar-refractivity contribution is -0.133. The van der Waals surface area contributed by atoms with Crippen LogP contribution in [0.15, 0.2) is 30.3 Å². The van der Waals surface area contributed by atoms with Crippen LogP contribution in [0.5, 0.6) is 0 Å².